The Morgan fingerprint density at radius 3 is 1.48 bits per heavy atom. The number of carbonyl (C=O) groups is 2. The zero-order valence-corrected chi connectivity index (χ0v) is 13.9. The van der Waals surface area contributed by atoms with E-state index in [4.69, 9.17) is 34.5 Å². The second-order valence-corrected chi connectivity index (χ2v) is 4.99. The molecular formula is C16H17ClN6O2. The van der Waals surface area contributed by atoms with Gasteiger partial charge in [-0.15, -0.1) is 0 Å². The maximum Gasteiger partial charge on any atom is 0.280 e. The number of rotatable bonds is 2. The number of nitrogens with two attached hydrogens (primary N) is 4. The van der Waals surface area contributed by atoms with Crippen molar-refractivity contribution in [1.29, 1.82) is 0 Å². The quantitative estimate of drug-likeness (QED) is 0.458. The molecule has 130 valence electrons. The standard InChI is InChI=1S/C8H8ClN3O.C8H9N3O/c9-6-3-1-5(2-4-6)7(13)12-8(10)11;9-8(10)11-7(12)6-4-2-1-3-5-6/h1-4H,(H4,10,11,12,13);1-5H,(H4,9,10,11,12). The third-order valence-corrected chi connectivity index (χ3v) is 2.83. The van der Waals surface area contributed by atoms with Gasteiger partial charge in [-0.2, -0.15) is 9.98 Å². The zero-order valence-electron chi connectivity index (χ0n) is 13.1. The van der Waals surface area contributed by atoms with Gasteiger partial charge in [0.1, 0.15) is 0 Å². The van der Waals surface area contributed by atoms with E-state index in [1.807, 2.05) is 6.07 Å². The predicted molar refractivity (Wildman–Crippen MR) is 98.2 cm³/mol. The van der Waals surface area contributed by atoms with E-state index in [0.29, 0.717) is 16.1 Å². The highest BCUT2D eigenvalue weighted by Gasteiger charge is 2.03. The molecule has 0 bridgehead atoms. The normalized spacial score (nSPS) is 9.16. The lowest BCUT2D eigenvalue weighted by Crippen LogP contribution is -2.24. The van der Waals surface area contributed by atoms with Crippen LogP contribution in [0.15, 0.2) is 64.6 Å². The molecule has 0 aliphatic heterocycles. The van der Waals surface area contributed by atoms with Gasteiger partial charge in [-0.05, 0) is 36.4 Å². The zero-order chi connectivity index (χ0) is 18.8. The van der Waals surface area contributed by atoms with Crippen LogP contribution in [0.5, 0.6) is 0 Å². The molecule has 0 fully saturated rings. The van der Waals surface area contributed by atoms with E-state index >= 15 is 0 Å². The van der Waals surface area contributed by atoms with Crippen LogP contribution in [0, 0.1) is 0 Å². The van der Waals surface area contributed by atoms with Crippen LogP contribution in [0.4, 0.5) is 0 Å². The molecule has 0 atom stereocenters. The van der Waals surface area contributed by atoms with Gasteiger partial charge in [0.15, 0.2) is 11.9 Å². The molecule has 0 aliphatic rings. The van der Waals surface area contributed by atoms with Crippen LogP contribution in [-0.4, -0.2) is 23.7 Å². The molecule has 0 unspecified atom stereocenters. The molecule has 8 N–H and O–H groups in total. The molecule has 0 aliphatic carbocycles. The molecule has 0 saturated heterocycles. The molecule has 25 heavy (non-hydrogen) atoms. The summed E-state index contributed by atoms with van der Waals surface area (Å²) in [5.74, 6) is -1.36. The molecular weight excluding hydrogens is 344 g/mol. The van der Waals surface area contributed by atoms with E-state index in [1.165, 1.54) is 0 Å². The minimum atomic E-state index is -0.475. The van der Waals surface area contributed by atoms with Crippen LogP contribution in [0.3, 0.4) is 0 Å². The molecule has 2 amide bonds. The lowest BCUT2D eigenvalue weighted by atomic mass is 10.2. The van der Waals surface area contributed by atoms with Gasteiger partial charge in [-0.3, -0.25) is 9.59 Å². The summed E-state index contributed by atoms with van der Waals surface area (Å²) in [6, 6.07) is 14.9. The Labute approximate surface area is 149 Å². The third-order valence-electron chi connectivity index (χ3n) is 2.57. The van der Waals surface area contributed by atoms with Gasteiger partial charge < -0.3 is 22.9 Å². The van der Waals surface area contributed by atoms with Gasteiger partial charge in [0.25, 0.3) is 11.8 Å². The Morgan fingerprint density at radius 1 is 0.680 bits per heavy atom. The van der Waals surface area contributed by atoms with E-state index in [9.17, 15) is 9.59 Å². The number of aliphatic imine (C=N–C) groups is 2. The van der Waals surface area contributed by atoms with Crippen molar-refractivity contribution < 1.29 is 9.59 Å². The smallest absolute Gasteiger partial charge is 0.280 e. The molecule has 0 saturated carbocycles. The first-order valence-corrected chi connectivity index (χ1v) is 7.26. The first-order chi connectivity index (χ1) is 11.8. The second-order valence-electron chi connectivity index (χ2n) is 4.56. The van der Waals surface area contributed by atoms with Crippen molar-refractivity contribution in [3.8, 4) is 0 Å². The van der Waals surface area contributed by atoms with Gasteiger partial charge in [0.2, 0.25) is 0 Å². The third kappa shape index (κ3) is 7.62. The number of benzene rings is 2. The Hall–Kier alpha value is -3.39. The first kappa shape index (κ1) is 19.7. The van der Waals surface area contributed by atoms with Crippen molar-refractivity contribution in [3.05, 3.63) is 70.7 Å². The molecule has 0 radical (unpaired) electrons. The molecule has 8 nitrogen and oxygen atoms in total. The first-order valence-electron chi connectivity index (χ1n) is 6.88. The van der Waals surface area contributed by atoms with Crippen molar-refractivity contribution in [1.82, 2.24) is 0 Å². The van der Waals surface area contributed by atoms with E-state index < -0.39 is 11.8 Å². The SMILES string of the molecule is NC(N)=NC(=O)c1ccc(Cl)cc1.NC(N)=NC(=O)c1ccccc1. The maximum atomic E-state index is 11.2. The van der Waals surface area contributed by atoms with Crippen molar-refractivity contribution in [2.24, 2.45) is 32.9 Å². The molecule has 2 aromatic rings. The summed E-state index contributed by atoms with van der Waals surface area (Å²) >= 11 is 5.63. The fourth-order valence-electron chi connectivity index (χ4n) is 1.54. The highest BCUT2D eigenvalue weighted by Crippen LogP contribution is 2.10. The fourth-order valence-corrected chi connectivity index (χ4v) is 1.66. The maximum absolute atomic E-state index is 11.2. The highest BCUT2D eigenvalue weighted by atomic mass is 35.5. The van der Waals surface area contributed by atoms with Crippen LogP contribution in [0.25, 0.3) is 0 Å². The van der Waals surface area contributed by atoms with Gasteiger partial charge in [-0.1, -0.05) is 29.8 Å². The summed E-state index contributed by atoms with van der Waals surface area (Å²) in [4.78, 5) is 29.0. The monoisotopic (exact) mass is 360 g/mol. The molecule has 9 heteroatoms. The number of hydrogen-bond donors (Lipinski definition) is 4. The van der Waals surface area contributed by atoms with E-state index in [0.717, 1.165) is 0 Å². The minimum absolute atomic E-state index is 0.219. The summed E-state index contributed by atoms with van der Waals surface area (Å²) in [7, 11) is 0. The van der Waals surface area contributed by atoms with Gasteiger partial charge in [0.05, 0.1) is 0 Å². The molecule has 2 rings (SSSR count). The van der Waals surface area contributed by atoms with Crippen LogP contribution in [0.2, 0.25) is 5.02 Å². The number of halogens is 1. The largest absolute Gasteiger partial charge is 0.370 e. The minimum Gasteiger partial charge on any atom is -0.370 e. The number of guanidine groups is 2. The van der Waals surface area contributed by atoms with Crippen LogP contribution >= 0.6 is 11.6 Å². The average molecular weight is 361 g/mol. The summed E-state index contributed by atoms with van der Waals surface area (Å²) in [6.45, 7) is 0. The van der Waals surface area contributed by atoms with Crippen molar-refractivity contribution in [3.63, 3.8) is 0 Å². The van der Waals surface area contributed by atoms with Crippen molar-refractivity contribution in [2.45, 2.75) is 0 Å². The Morgan fingerprint density at radius 2 is 1.08 bits per heavy atom. The van der Waals surface area contributed by atoms with Gasteiger partial charge in [0, 0.05) is 16.1 Å². The molecule has 0 heterocycles. The fraction of sp³-hybridized carbons (Fsp3) is 0. The summed E-state index contributed by atoms with van der Waals surface area (Å²) in [5, 5.41) is 0.557. The Kier molecular flexibility index (Phi) is 7.61. The van der Waals surface area contributed by atoms with Crippen LogP contribution in [0.1, 0.15) is 20.7 Å². The van der Waals surface area contributed by atoms with E-state index in [1.54, 1.807) is 48.5 Å². The predicted octanol–water partition coefficient (Wildman–Crippen LogP) is 0.854. The Balaban J connectivity index is 0.000000251. The number of nitrogens with zero attached hydrogens (tertiary/aromatic N) is 2. The molecule has 2 aromatic carbocycles. The van der Waals surface area contributed by atoms with Crippen LogP contribution < -0.4 is 22.9 Å². The van der Waals surface area contributed by atoms with Gasteiger partial charge >= 0.3 is 0 Å². The van der Waals surface area contributed by atoms with Crippen LogP contribution in [-0.2, 0) is 0 Å². The Bertz CT molecular complexity index is 780. The second kappa shape index (κ2) is 9.68. The van der Waals surface area contributed by atoms with Crippen molar-refractivity contribution in [2.75, 3.05) is 0 Å². The summed E-state index contributed by atoms with van der Waals surface area (Å²) in [5.41, 5.74) is 21.0. The summed E-state index contributed by atoms with van der Waals surface area (Å²) in [6.07, 6.45) is 0. The lowest BCUT2D eigenvalue weighted by Gasteiger charge is -1.95. The topological polar surface area (TPSA) is 163 Å². The van der Waals surface area contributed by atoms with E-state index in [2.05, 4.69) is 9.98 Å². The lowest BCUT2D eigenvalue weighted by molar-refractivity contribution is 0.0994. The number of amides is 2. The number of carbonyl (C=O) groups excluding carboxylic acids is 2. The number of hydrogen-bond acceptors (Lipinski definition) is 2. The molecule has 0 aromatic heterocycles. The highest BCUT2D eigenvalue weighted by molar-refractivity contribution is 6.30. The van der Waals surface area contributed by atoms with E-state index in [-0.39, 0.29) is 11.9 Å². The van der Waals surface area contributed by atoms with Crippen molar-refractivity contribution >= 4 is 35.3 Å². The molecule has 0 spiro atoms. The summed E-state index contributed by atoms with van der Waals surface area (Å²) < 4.78 is 0. The average Bonchev–Trinajstić information content (AvgIpc) is 2.55. The van der Waals surface area contributed by atoms with Gasteiger partial charge in [-0.25, -0.2) is 0 Å².